The average Bonchev–Trinajstić information content (AvgIpc) is 2.23. The number of methoxy groups -OCH3 is 1. The molecule has 0 aliphatic rings. The van der Waals surface area contributed by atoms with Crippen molar-refractivity contribution in [3.05, 3.63) is 27.7 Å². The summed E-state index contributed by atoms with van der Waals surface area (Å²) in [5.41, 5.74) is 0. The van der Waals surface area contributed by atoms with Gasteiger partial charge in [0.25, 0.3) is 0 Å². The molecule has 0 atom stereocenters. The lowest BCUT2D eigenvalue weighted by Crippen LogP contribution is -2.07. The van der Waals surface area contributed by atoms with E-state index in [9.17, 15) is 4.79 Å². The van der Waals surface area contributed by atoms with E-state index < -0.39 is 0 Å². The highest BCUT2D eigenvalue weighted by Gasteiger charge is 2.04. The molecular formula is C10H10BrClO3. The molecule has 0 heterocycles. The quantitative estimate of drug-likeness (QED) is 0.801. The average molecular weight is 294 g/mol. The molecule has 1 aromatic rings. The van der Waals surface area contributed by atoms with Gasteiger partial charge in [0.05, 0.1) is 25.2 Å². The molecular weight excluding hydrogens is 283 g/mol. The Bertz CT molecular complexity index is 355. The summed E-state index contributed by atoms with van der Waals surface area (Å²) in [5.74, 6) is 0.246. The maximum atomic E-state index is 10.8. The van der Waals surface area contributed by atoms with Crippen molar-refractivity contribution < 1.29 is 14.3 Å². The van der Waals surface area contributed by atoms with Crippen molar-refractivity contribution in [2.75, 3.05) is 13.7 Å². The number of rotatable bonds is 4. The molecule has 5 heteroatoms. The van der Waals surface area contributed by atoms with Gasteiger partial charge in [-0.3, -0.25) is 4.79 Å². The summed E-state index contributed by atoms with van der Waals surface area (Å²) in [7, 11) is 1.34. The van der Waals surface area contributed by atoms with Gasteiger partial charge >= 0.3 is 5.97 Å². The lowest BCUT2D eigenvalue weighted by Gasteiger charge is -2.07. The van der Waals surface area contributed by atoms with E-state index in [0.29, 0.717) is 10.8 Å². The molecule has 3 nitrogen and oxygen atoms in total. The molecule has 0 radical (unpaired) electrons. The molecule has 0 saturated carbocycles. The Balaban J connectivity index is 2.50. The fourth-order valence-electron chi connectivity index (χ4n) is 0.934. The second kappa shape index (κ2) is 5.98. The van der Waals surface area contributed by atoms with Crippen molar-refractivity contribution in [3.8, 4) is 5.75 Å². The SMILES string of the molecule is COC(=O)CCOc1cc(Br)ccc1Cl. The number of carbonyl (C=O) groups is 1. The van der Waals surface area contributed by atoms with E-state index in [1.54, 1.807) is 12.1 Å². The molecule has 0 saturated heterocycles. The van der Waals surface area contributed by atoms with E-state index in [4.69, 9.17) is 16.3 Å². The van der Waals surface area contributed by atoms with E-state index in [1.165, 1.54) is 7.11 Å². The Morgan fingerprint density at radius 3 is 2.93 bits per heavy atom. The van der Waals surface area contributed by atoms with Crippen LogP contribution >= 0.6 is 27.5 Å². The summed E-state index contributed by atoms with van der Waals surface area (Å²) in [4.78, 5) is 10.8. The van der Waals surface area contributed by atoms with Gasteiger partial charge in [-0.1, -0.05) is 27.5 Å². The van der Waals surface area contributed by atoms with Crippen molar-refractivity contribution in [1.82, 2.24) is 0 Å². The molecule has 0 aromatic heterocycles. The number of halogens is 2. The Morgan fingerprint density at radius 2 is 2.27 bits per heavy atom. The Morgan fingerprint density at radius 1 is 1.53 bits per heavy atom. The first-order chi connectivity index (χ1) is 7.13. The highest BCUT2D eigenvalue weighted by Crippen LogP contribution is 2.27. The minimum absolute atomic E-state index is 0.208. The Hall–Kier alpha value is -0.740. The molecule has 0 aliphatic carbocycles. The van der Waals surface area contributed by atoms with Crippen LogP contribution in [0.5, 0.6) is 5.75 Å². The Labute approximate surface area is 101 Å². The van der Waals surface area contributed by atoms with Gasteiger partial charge in [-0.2, -0.15) is 0 Å². The van der Waals surface area contributed by atoms with Crippen LogP contribution in [0.15, 0.2) is 22.7 Å². The number of hydrogen-bond donors (Lipinski definition) is 0. The van der Waals surface area contributed by atoms with Crippen LogP contribution in [0, 0.1) is 0 Å². The normalized spacial score (nSPS) is 9.80. The molecule has 1 aromatic carbocycles. The largest absolute Gasteiger partial charge is 0.491 e. The topological polar surface area (TPSA) is 35.5 Å². The zero-order valence-corrected chi connectivity index (χ0v) is 10.5. The predicted octanol–water partition coefficient (Wildman–Crippen LogP) is 3.04. The van der Waals surface area contributed by atoms with Gasteiger partial charge in [-0.25, -0.2) is 0 Å². The predicted molar refractivity (Wildman–Crippen MR) is 61.3 cm³/mol. The number of benzene rings is 1. The van der Waals surface area contributed by atoms with Crippen molar-refractivity contribution in [2.24, 2.45) is 0 Å². The minimum atomic E-state index is -0.305. The van der Waals surface area contributed by atoms with Gasteiger partial charge in [0.2, 0.25) is 0 Å². The summed E-state index contributed by atoms with van der Waals surface area (Å²) in [6.45, 7) is 0.253. The van der Waals surface area contributed by atoms with Crippen LogP contribution in [0.4, 0.5) is 0 Å². The van der Waals surface area contributed by atoms with Gasteiger partial charge in [-0.15, -0.1) is 0 Å². The molecule has 0 bridgehead atoms. The molecule has 1 rings (SSSR count). The van der Waals surface area contributed by atoms with E-state index >= 15 is 0 Å². The van der Waals surface area contributed by atoms with Crippen LogP contribution in [0.3, 0.4) is 0 Å². The minimum Gasteiger partial charge on any atom is -0.491 e. The zero-order valence-electron chi connectivity index (χ0n) is 8.13. The monoisotopic (exact) mass is 292 g/mol. The molecule has 82 valence electrons. The van der Waals surface area contributed by atoms with Crippen molar-refractivity contribution in [1.29, 1.82) is 0 Å². The molecule has 0 aliphatic heterocycles. The third-order valence-corrected chi connectivity index (χ3v) is 2.49. The van der Waals surface area contributed by atoms with E-state index in [-0.39, 0.29) is 19.0 Å². The molecule has 0 N–H and O–H groups in total. The first-order valence-corrected chi connectivity index (χ1v) is 5.45. The lowest BCUT2D eigenvalue weighted by molar-refractivity contribution is -0.141. The summed E-state index contributed by atoms with van der Waals surface area (Å²) in [6, 6.07) is 5.29. The zero-order chi connectivity index (χ0) is 11.3. The number of carbonyl (C=O) groups excluding carboxylic acids is 1. The summed E-state index contributed by atoms with van der Waals surface area (Å²) >= 11 is 9.18. The van der Waals surface area contributed by atoms with Crippen LogP contribution in [0.1, 0.15) is 6.42 Å². The smallest absolute Gasteiger partial charge is 0.308 e. The Kier molecular flexibility index (Phi) is 4.91. The van der Waals surface area contributed by atoms with Crippen LogP contribution < -0.4 is 4.74 Å². The van der Waals surface area contributed by atoms with Gasteiger partial charge in [0.15, 0.2) is 0 Å². The lowest BCUT2D eigenvalue weighted by atomic mass is 10.3. The van der Waals surface area contributed by atoms with Crippen LogP contribution in [0.25, 0.3) is 0 Å². The number of ether oxygens (including phenoxy) is 2. The first-order valence-electron chi connectivity index (χ1n) is 4.28. The fraction of sp³-hybridized carbons (Fsp3) is 0.300. The second-order valence-electron chi connectivity index (χ2n) is 2.75. The van der Waals surface area contributed by atoms with Crippen molar-refractivity contribution in [3.63, 3.8) is 0 Å². The summed E-state index contributed by atoms with van der Waals surface area (Å²) in [5, 5.41) is 0.517. The highest BCUT2D eigenvalue weighted by molar-refractivity contribution is 9.10. The van der Waals surface area contributed by atoms with Gasteiger partial charge < -0.3 is 9.47 Å². The van der Waals surface area contributed by atoms with Gasteiger partial charge in [0, 0.05) is 4.47 Å². The van der Waals surface area contributed by atoms with Crippen molar-refractivity contribution >= 4 is 33.5 Å². The van der Waals surface area contributed by atoms with Crippen molar-refractivity contribution in [2.45, 2.75) is 6.42 Å². The molecule has 0 spiro atoms. The molecule has 0 amide bonds. The van der Waals surface area contributed by atoms with Crippen LogP contribution in [-0.2, 0) is 9.53 Å². The first kappa shape index (κ1) is 12.3. The molecule has 0 fully saturated rings. The fourth-order valence-corrected chi connectivity index (χ4v) is 1.45. The summed E-state index contributed by atoms with van der Waals surface area (Å²) in [6.07, 6.45) is 0.208. The summed E-state index contributed by atoms with van der Waals surface area (Å²) < 4.78 is 10.7. The van der Waals surface area contributed by atoms with E-state index in [0.717, 1.165) is 4.47 Å². The molecule has 0 unspecified atom stereocenters. The number of hydrogen-bond acceptors (Lipinski definition) is 3. The van der Waals surface area contributed by atoms with E-state index in [1.807, 2.05) is 6.07 Å². The third kappa shape index (κ3) is 4.10. The van der Waals surface area contributed by atoms with Gasteiger partial charge in [0.1, 0.15) is 5.75 Å². The van der Waals surface area contributed by atoms with E-state index in [2.05, 4.69) is 20.7 Å². The third-order valence-electron chi connectivity index (χ3n) is 1.68. The maximum Gasteiger partial charge on any atom is 0.308 e. The second-order valence-corrected chi connectivity index (χ2v) is 4.07. The standard InChI is InChI=1S/C10H10BrClO3/c1-14-10(13)4-5-15-9-6-7(11)2-3-8(9)12/h2-3,6H,4-5H2,1H3. The van der Waals surface area contributed by atoms with Gasteiger partial charge in [-0.05, 0) is 18.2 Å². The maximum absolute atomic E-state index is 10.8. The number of esters is 1. The highest BCUT2D eigenvalue weighted by atomic mass is 79.9. The van der Waals surface area contributed by atoms with Crippen LogP contribution in [0.2, 0.25) is 5.02 Å². The molecule has 15 heavy (non-hydrogen) atoms. The van der Waals surface area contributed by atoms with Crippen LogP contribution in [-0.4, -0.2) is 19.7 Å².